The number of likely N-dealkylation sites (tertiary alicyclic amines) is 1. The Kier molecular flexibility index (Phi) is 5.50. The topological polar surface area (TPSA) is 93.0 Å². The number of nitrogens with one attached hydrogen (secondary N) is 1. The molecule has 0 atom stereocenters. The van der Waals surface area contributed by atoms with Gasteiger partial charge in [0.25, 0.3) is 5.91 Å². The molecule has 0 aliphatic carbocycles. The molecule has 3 aromatic heterocycles. The van der Waals surface area contributed by atoms with E-state index in [1.165, 1.54) is 6.20 Å². The fourth-order valence-corrected chi connectivity index (χ4v) is 3.64. The molecule has 0 saturated carbocycles. The molecule has 0 bridgehead atoms. The maximum Gasteiger partial charge on any atom is 0.271 e. The first-order chi connectivity index (χ1) is 14.1. The lowest BCUT2D eigenvalue weighted by atomic mass is 10.0. The lowest BCUT2D eigenvalue weighted by Gasteiger charge is -2.32. The van der Waals surface area contributed by atoms with Crippen LogP contribution in [0.4, 0.5) is 0 Å². The zero-order valence-electron chi connectivity index (χ0n) is 16.4. The van der Waals surface area contributed by atoms with E-state index >= 15 is 0 Å². The molecule has 150 valence electrons. The van der Waals surface area contributed by atoms with Crippen LogP contribution in [-0.4, -0.2) is 55.4 Å². The molecule has 8 heteroatoms. The van der Waals surface area contributed by atoms with Crippen molar-refractivity contribution in [2.75, 3.05) is 13.1 Å². The fourth-order valence-electron chi connectivity index (χ4n) is 3.64. The summed E-state index contributed by atoms with van der Waals surface area (Å²) in [5.74, 6) is -0.0692. The number of amides is 2. The molecular weight excluding hydrogens is 368 g/mol. The molecule has 29 heavy (non-hydrogen) atoms. The van der Waals surface area contributed by atoms with Gasteiger partial charge in [0.2, 0.25) is 5.91 Å². The first-order valence-corrected chi connectivity index (χ1v) is 9.86. The number of hydrogen-bond donors (Lipinski definition) is 1. The van der Waals surface area contributed by atoms with Gasteiger partial charge in [-0.25, -0.2) is 4.98 Å². The number of hydrogen-bond acceptors (Lipinski definition) is 5. The van der Waals surface area contributed by atoms with Gasteiger partial charge >= 0.3 is 0 Å². The summed E-state index contributed by atoms with van der Waals surface area (Å²) < 4.78 is 2.07. The lowest BCUT2D eigenvalue weighted by Crippen LogP contribution is -2.46. The van der Waals surface area contributed by atoms with Crippen LogP contribution in [0, 0.1) is 6.92 Å². The second kappa shape index (κ2) is 8.38. The van der Waals surface area contributed by atoms with E-state index in [9.17, 15) is 9.59 Å². The van der Waals surface area contributed by atoms with Gasteiger partial charge in [0.1, 0.15) is 5.69 Å². The van der Waals surface area contributed by atoms with E-state index in [0.29, 0.717) is 31.7 Å². The Hall–Kier alpha value is -3.29. The second-order valence-electron chi connectivity index (χ2n) is 7.37. The van der Waals surface area contributed by atoms with Crippen molar-refractivity contribution in [1.29, 1.82) is 0 Å². The first-order valence-electron chi connectivity index (χ1n) is 9.86. The third kappa shape index (κ3) is 4.42. The number of piperidine rings is 1. The van der Waals surface area contributed by atoms with Gasteiger partial charge < -0.3 is 14.8 Å². The van der Waals surface area contributed by atoms with Crippen LogP contribution in [0.3, 0.4) is 0 Å². The van der Waals surface area contributed by atoms with Crippen LogP contribution in [0.15, 0.2) is 43.1 Å². The highest BCUT2D eigenvalue weighted by atomic mass is 16.2. The predicted molar refractivity (Wildman–Crippen MR) is 108 cm³/mol. The number of pyridine rings is 1. The number of rotatable bonds is 5. The molecule has 1 aliphatic heterocycles. The normalized spacial score (nSPS) is 14.9. The summed E-state index contributed by atoms with van der Waals surface area (Å²) in [5, 5.41) is 4.13. The largest absolute Gasteiger partial charge is 0.348 e. The van der Waals surface area contributed by atoms with Crippen LogP contribution in [0.25, 0.3) is 10.9 Å². The number of carbonyl (C=O) groups excluding carboxylic acids is 2. The minimum atomic E-state index is -0.213. The summed E-state index contributed by atoms with van der Waals surface area (Å²) in [6.07, 6.45) is 10.6. The standard InChI is InChI=1S/C21H24N6O2/c1-15-12-24-18(13-23-15)21(29)25-17-4-9-27(10-5-17)20(28)6-11-26-8-3-16-2-7-22-14-19(16)26/h2-3,7-8,12-14,17H,4-6,9-11H2,1H3,(H,25,29). The van der Waals surface area contributed by atoms with Crippen molar-refractivity contribution in [3.05, 3.63) is 54.5 Å². The van der Waals surface area contributed by atoms with Crippen molar-refractivity contribution < 1.29 is 9.59 Å². The Morgan fingerprint density at radius 3 is 2.72 bits per heavy atom. The van der Waals surface area contributed by atoms with Gasteiger partial charge in [0, 0.05) is 56.1 Å². The predicted octanol–water partition coefficient (Wildman–Crippen LogP) is 1.95. The van der Waals surface area contributed by atoms with Gasteiger partial charge in [-0.15, -0.1) is 0 Å². The average Bonchev–Trinajstić information content (AvgIpc) is 3.16. The van der Waals surface area contributed by atoms with Gasteiger partial charge in [0.15, 0.2) is 0 Å². The third-order valence-electron chi connectivity index (χ3n) is 5.34. The fraction of sp³-hybridized carbons (Fsp3) is 0.381. The second-order valence-corrected chi connectivity index (χ2v) is 7.37. The average molecular weight is 392 g/mol. The summed E-state index contributed by atoms with van der Waals surface area (Å²) in [6, 6.07) is 4.05. The highest BCUT2D eigenvalue weighted by Crippen LogP contribution is 2.16. The molecule has 8 nitrogen and oxygen atoms in total. The Bertz CT molecular complexity index is 1010. The third-order valence-corrected chi connectivity index (χ3v) is 5.34. The number of carbonyl (C=O) groups is 2. The number of aryl methyl sites for hydroxylation is 2. The van der Waals surface area contributed by atoms with E-state index in [2.05, 4.69) is 24.8 Å². The number of nitrogens with zero attached hydrogens (tertiary/aromatic N) is 5. The van der Waals surface area contributed by atoms with Crippen LogP contribution in [0.5, 0.6) is 0 Å². The molecule has 0 radical (unpaired) electrons. The Labute approximate surface area is 169 Å². The zero-order valence-corrected chi connectivity index (χ0v) is 16.4. The monoisotopic (exact) mass is 392 g/mol. The van der Waals surface area contributed by atoms with E-state index < -0.39 is 0 Å². The molecule has 0 aromatic carbocycles. The van der Waals surface area contributed by atoms with Crippen LogP contribution < -0.4 is 5.32 Å². The van der Waals surface area contributed by atoms with Crippen molar-refractivity contribution in [2.24, 2.45) is 0 Å². The molecule has 1 fully saturated rings. The Balaban J connectivity index is 1.25. The van der Waals surface area contributed by atoms with Crippen molar-refractivity contribution in [1.82, 2.24) is 29.7 Å². The minimum Gasteiger partial charge on any atom is -0.348 e. The van der Waals surface area contributed by atoms with Crippen LogP contribution in [0.1, 0.15) is 35.4 Å². The summed E-state index contributed by atoms with van der Waals surface area (Å²) in [7, 11) is 0. The maximum absolute atomic E-state index is 12.6. The van der Waals surface area contributed by atoms with Gasteiger partial charge in [-0.05, 0) is 31.9 Å². The summed E-state index contributed by atoms with van der Waals surface area (Å²) >= 11 is 0. The smallest absolute Gasteiger partial charge is 0.271 e. The van der Waals surface area contributed by atoms with E-state index in [4.69, 9.17) is 0 Å². The van der Waals surface area contributed by atoms with Gasteiger partial charge in [0.05, 0.1) is 23.6 Å². The van der Waals surface area contributed by atoms with Crippen molar-refractivity contribution in [3.8, 4) is 0 Å². The molecule has 1 aliphatic rings. The molecule has 1 N–H and O–H groups in total. The van der Waals surface area contributed by atoms with E-state index in [0.717, 1.165) is 29.4 Å². The van der Waals surface area contributed by atoms with E-state index in [-0.39, 0.29) is 17.9 Å². The zero-order chi connectivity index (χ0) is 20.2. The maximum atomic E-state index is 12.6. The van der Waals surface area contributed by atoms with Crippen LogP contribution >= 0.6 is 0 Å². The quantitative estimate of drug-likeness (QED) is 0.716. The number of fused-ring (bicyclic) bond motifs is 1. The van der Waals surface area contributed by atoms with Gasteiger partial charge in [-0.1, -0.05) is 0 Å². The number of aromatic nitrogens is 4. The highest BCUT2D eigenvalue weighted by molar-refractivity contribution is 5.92. The highest BCUT2D eigenvalue weighted by Gasteiger charge is 2.24. The lowest BCUT2D eigenvalue weighted by molar-refractivity contribution is -0.132. The van der Waals surface area contributed by atoms with Gasteiger partial charge in [-0.2, -0.15) is 0 Å². The molecule has 0 unspecified atom stereocenters. The van der Waals surface area contributed by atoms with E-state index in [1.54, 1.807) is 12.4 Å². The molecular formula is C21H24N6O2. The summed E-state index contributed by atoms with van der Waals surface area (Å²) in [5.41, 5.74) is 2.14. The molecule has 4 rings (SSSR count). The van der Waals surface area contributed by atoms with Crippen molar-refractivity contribution in [3.63, 3.8) is 0 Å². The molecule has 3 aromatic rings. The molecule has 4 heterocycles. The van der Waals surface area contributed by atoms with Crippen LogP contribution in [0.2, 0.25) is 0 Å². The van der Waals surface area contributed by atoms with Crippen molar-refractivity contribution in [2.45, 2.75) is 38.8 Å². The molecule has 0 spiro atoms. The van der Waals surface area contributed by atoms with E-state index in [1.807, 2.05) is 36.4 Å². The summed E-state index contributed by atoms with van der Waals surface area (Å²) in [4.78, 5) is 39.1. The Morgan fingerprint density at radius 1 is 1.14 bits per heavy atom. The van der Waals surface area contributed by atoms with Crippen molar-refractivity contribution >= 4 is 22.7 Å². The van der Waals surface area contributed by atoms with Crippen LogP contribution in [-0.2, 0) is 11.3 Å². The SMILES string of the molecule is Cc1cnc(C(=O)NC2CCN(C(=O)CCn3ccc4ccncc43)CC2)cn1. The Morgan fingerprint density at radius 2 is 1.97 bits per heavy atom. The summed E-state index contributed by atoms with van der Waals surface area (Å²) in [6.45, 7) is 3.77. The molecule has 1 saturated heterocycles. The minimum absolute atomic E-state index is 0.0501. The first kappa shape index (κ1) is 19.0. The molecule has 2 amide bonds. The van der Waals surface area contributed by atoms with Gasteiger partial charge in [-0.3, -0.25) is 19.6 Å².